The van der Waals surface area contributed by atoms with Crippen LogP contribution < -0.4 is 5.32 Å². The first-order chi connectivity index (χ1) is 9.90. The summed E-state index contributed by atoms with van der Waals surface area (Å²) in [4.78, 5) is 23.0. The summed E-state index contributed by atoms with van der Waals surface area (Å²) in [5.41, 5.74) is 1.58. The number of aromatic amines is 1. The summed E-state index contributed by atoms with van der Waals surface area (Å²) in [6.07, 6.45) is 0.0315. The molecule has 0 aliphatic carbocycles. The van der Waals surface area contributed by atoms with Gasteiger partial charge in [0.1, 0.15) is 11.4 Å². The van der Waals surface area contributed by atoms with Crippen LogP contribution in [0.2, 0.25) is 0 Å². The standard InChI is InChI=1S/C14H14FN3O3/c1-7-9(8(2)18-17-7)6-12(19)16-11-5-3-4-10(15)13(11)14(20)21/h3-5H,6H2,1-2H3,(H,16,19)(H,17,18)(H,20,21). The molecule has 0 atom stereocenters. The molecule has 6 nitrogen and oxygen atoms in total. The summed E-state index contributed by atoms with van der Waals surface area (Å²) < 4.78 is 13.5. The van der Waals surface area contributed by atoms with Crippen molar-refractivity contribution in [2.24, 2.45) is 0 Å². The fraction of sp³-hybridized carbons (Fsp3) is 0.214. The SMILES string of the molecule is Cc1n[nH]c(C)c1CC(=O)Nc1cccc(F)c1C(=O)O. The quantitative estimate of drug-likeness (QED) is 0.803. The first kappa shape index (κ1) is 14.7. The van der Waals surface area contributed by atoms with Gasteiger partial charge in [-0.25, -0.2) is 9.18 Å². The number of carboxylic acid groups (broad SMARTS) is 1. The molecule has 110 valence electrons. The smallest absolute Gasteiger partial charge is 0.340 e. The van der Waals surface area contributed by atoms with Gasteiger partial charge in [-0.3, -0.25) is 9.89 Å². The summed E-state index contributed by atoms with van der Waals surface area (Å²) in [6.45, 7) is 3.55. The second-order valence-electron chi connectivity index (χ2n) is 4.61. The number of carbonyl (C=O) groups is 2. The topological polar surface area (TPSA) is 95.1 Å². The van der Waals surface area contributed by atoms with Gasteiger partial charge < -0.3 is 10.4 Å². The van der Waals surface area contributed by atoms with Gasteiger partial charge in [-0.1, -0.05) is 6.07 Å². The van der Waals surface area contributed by atoms with Crippen molar-refractivity contribution >= 4 is 17.6 Å². The van der Waals surface area contributed by atoms with Gasteiger partial charge in [0.05, 0.1) is 17.8 Å². The van der Waals surface area contributed by atoms with Gasteiger partial charge in [0.25, 0.3) is 0 Å². The molecule has 0 unspecified atom stereocenters. The summed E-state index contributed by atoms with van der Waals surface area (Å²) in [7, 11) is 0. The van der Waals surface area contributed by atoms with E-state index in [1.165, 1.54) is 12.1 Å². The number of hydrogen-bond donors (Lipinski definition) is 3. The van der Waals surface area contributed by atoms with Gasteiger partial charge in [-0.15, -0.1) is 0 Å². The van der Waals surface area contributed by atoms with E-state index in [0.717, 1.165) is 17.3 Å². The number of aromatic carboxylic acids is 1. The molecule has 0 spiro atoms. The van der Waals surface area contributed by atoms with Crippen molar-refractivity contribution in [3.63, 3.8) is 0 Å². The lowest BCUT2D eigenvalue weighted by Crippen LogP contribution is -2.18. The van der Waals surface area contributed by atoms with Gasteiger partial charge in [0.2, 0.25) is 5.91 Å². The van der Waals surface area contributed by atoms with Gasteiger partial charge in [0, 0.05) is 11.3 Å². The lowest BCUT2D eigenvalue weighted by Gasteiger charge is -2.09. The molecule has 7 heteroatoms. The second kappa shape index (κ2) is 5.74. The summed E-state index contributed by atoms with van der Waals surface area (Å²) in [6, 6.07) is 3.72. The van der Waals surface area contributed by atoms with E-state index < -0.39 is 23.3 Å². The predicted octanol–water partition coefficient (Wildman–Crippen LogP) is 2.05. The van der Waals surface area contributed by atoms with Gasteiger partial charge in [-0.05, 0) is 26.0 Å². The number of aryl methyl sites for hydroxylation is 2. The van der Waals surface area contributed by atoms with E-state index in [2.05, 4.69) is 15.5 Å². The molecular formula is C14H14FN3O3. The van der Waals surface area contributed by atoms with Gasteiger partial charge in [0.15, 0.2) is 0 Å². The van der Waals surface area contributed by atoms with E-state index >= 15 is 0 Å². The number of H-pyrrole nitrogens is 1. The zero-order valence-electron chi connectivity index (χ0n) is 11.5. The van der Waals surface area contributed by atoms with Crippen molar-refractivity contribution in [1.82, 2.24) is 10.2 Å². The molecular weight excluding hydrogens is 277 g/mol. The fourth-order valence-electron chi connectivity index (χ4n) is 2.04. The van der Waals surface area contributed by atoms with Crippen LogP contribution >= 0.6 is 0 Å². The van der Waals surface area contributed by atoms with E-state index in [0.29, 0.717) is 5.69 Å². The minimum atomic E-state index is -1.43. The number of nitrogens with zero attached hydrogens (tertiary/aromatic N) is 1. The largest absolute Gasteiger partial charge is 0.478 e. The van der Waals surface area contributed by atoms with Crippen molar-refractivity contribution in [3.05, 3.63) is 46.5 Å². The highest BCUT2D eigenvalue weighted by atomic mass is 19.1. The lowest BCUT2D eigenvalue weighted by atomic mass is 10.1. The molecule has 0 bridgehead atoms. The summed E-state index contributed by atoms with van der Waals surface area (Å²) >= 11 is 0. The Morgan fingerprint density at radius 1 is 1.38 bits per heavy atom. The molecule has 1 aromatic heterocycles. The first-order valence-corrected chi connectivity index (χ1v) is 6.22. The average Bonchev–Trinajstić information content (AvgIpc) is 2.70. The second-order valence-corrected chi connectivity index (χ2v) is 4.61. The number of anilines is 1. The molecule has 2 rings (SSSR count). The molecule has 0 aliphatic heterocycles. The normalized spacial score (nSPS) is 10.4. The van der Waals surface area contributed by atoms with E-state index in [9.17, 15) is 14.0 Å². The highest BCUT2D eigenvalue weighted by molar-refractivity contribution is 6.01. The van der Waals surface area contributed by atoms with Crippen LogP contribution in [0.15, 0.2) is 18.2 Å². The Hall–Kier alpha value is -2.70. The fourth-order valence-corrected chi connectivity index (χ4v) is 2.04. The Kier molecular flexibility index (Phi) is 4.02. The minimum absolute atomic E-state index is 0.0315. The molecule has 0 radical (unpaired) electrons. The van der Waals surface area contributed by atoms with Crippen LogP contribution in [0.3, 0.4) is 0 Å². The van der Waals surface area contributed by atoms with E-state index in [4.69, 9.17) is 5.11 Å². The van der Waals surface area contributed by atoms with E-state index in [1.54, 1.807) is 13.8 Å². The number of aromatic nitrogens is 2. The third kappa shape index (κ3) is 3.07. The molecule has 0 fully saturated rings. The number of rotatable bonds is 4. The van der Waals surface area contributed by atoms with Crippen LogP contribution in [-0.2, 0) is 11.2 Å². The molecule has 0 aliphatic rings. The molecule has 0 saturated carbocycles. The maximum absolute atomic E-state index is 13.5. The van der Waals surface area contributed by atoms with Crippen molar-refractivity contribution in [1.29, 1.82) is 0 Å². The highest BCUT2D eigenvalue weighted by Crippen LogP contribution is 2.20. The number of carboxylic acids is 1. The number of halogens is 1. The molecule has 2 aromatic rings. The molecule has 3 N–H and O–H groups in total. The first-order valence-electron chi connectivity index (χ1n) is 6.22. The van der Waals surface area contributed by atoms with Crippen molar-refractivity contribution in [2.45, 2.75) is 20.3 Å². The number of carbonyl (C=O) groups excluding carboxylic acids is 1. The minimum Gasteiger partial charge on any atom is -0.478 e. The monoisotopic (exact) mass is 291 g/mol. The van der Waals surface area contributed by atoms with Crippen LogP contribution in [0, 0.1) is 19.7 Å². The Balaban J connectivity index is 2.21. The molecule has 1 aromatic carbocycles. The lowest BCUT2D eigenvalue weighted by molar-refractivity contribution is -0.115. The number of nitrogens with one attached hydrogen (secondary N) is 2. The van der Waals surface area contributed by atoms with Crippen LogP contribution in [0.1, 0.15) is 27.3 Å². The zero-order chi connectivity index (χ0) is 15.6. The van der Waals surface area contributed by atoms with Crippen LogP contribution in [0.4, 0.5) is 10.1 Å². The number of amides is 1. The Morgan fingerprint density at radius 3 is 2.67 bits per heavy atom. The number of hydrogen-bond acceptors (Lipinski definition) is 3. The Bertz CT molecular complexity index is 690. The van der Waals surface area contributed by atoms with Crippen LogP contribution in [0.25, 0.3) is 0 Å². The van der Waals surface area contributed by atoms with E-state index in [-0.39, 0.29) is 12.1 Å². The van der Waals surface area contributed by atoms with Crippen molar-refractivity contribution in [3.8, 4) is 0 Å². The number of benzene rings is 1. The Labute approximate surface area is 120 Å². The average molecular weight is 291 g/mol. The zero-order valence-corrected chi connectivity index (χ0v) is 11.5. The third-order valence-electron chi connectivity index (χ3n) is 3.12. The third-order valence-corrected chi connectivity index (χ3v) is 3.12. The van der Waals surface area contributed by atoms with Crippen LogP contribution in [0.5, 0.6) is 0 Å². The molecule has 1 heterocycles. The molecule has 0 saturated heterocycles. The molecule has 21 heavy (non-hydrogen) atoms. The summed E-state index contributed by atoms with van der Waals surface area (Å²) in [5.74, 6) is -2.76. The Morgan fingerprint density at radius 2 is 2.10 bits per heavy atom. The van der Waals surface area contributed by atoms with Crippen LogP contribution in [-0.4, -0.2) is 27.2 Å². The van der Waals surface area contributed by atoms with E-state index in [1.807, 2.05) is 0 Å². The van der Waals surface area contributed by atoms with Crippen molar-refractivity contribution < 1.29 is 19.1 Å². The maximum Gasteiger partial charge on any atom is 0.340 e. The predicted molar refractivity (Wildman–Crippen MR) is 73.8 cm³/mol. The maximum atomic E-state index is 13.5. The van der Waals surface area contributed by atoms with Crippen molar-refractivity contribution in [2.75, 3.05) is 5.32 Å². The molecule has 1 amide bonds. The van der Waals surface area contributed by atoms with Gasteiger partial charge in [-0.2, -0.15) is 5.10 Å². The summed E-state index contributed by atoms with van der Waals surface area (Å²) in [5, 5.41) is 18.2. The van der Waals surface area contributed by atoms with Gasteiger partial charge >= 0.3 is 5.97 Å². The highest BCUT2D eigenvalue weighted by Gasteiger charge is 2.18.